The van der Waals surface area contributed by atoms with Crippen molar-refractivity contribution in [1.29, 1.82) is 5.26 Å². The first-order valence-electron chi connectivity index (χ1n) is 6.51. The summed E-state index contributed by atoms with van der Waals surface area (Å²) in [7, 11) is 0. The molecule has 1 aromatic heterocycles. The lowest BCUT2D eigenvalue weighted by Crippen LogP contribution is -2.15. The molecule has 2 rings (SSSR count). The molecule has 1 fully saturated rings. The Balaban J connectivity index is 2.12. The van der Waals surface area contributed by atoms with Crippen LogP contribution in [-0.4, -0.2) is 22.5 Å². The molecule has 0 spiro atoms. The first-order valence-corrected chi connectivity index (χ1v) is 6.51. The molecule has 0 unspecified atom stereocenters. The third-order valence-electron chi connectivity index (χ3n) is 3.43. The fourth-order valence-electron chi connectivity index (χ4n) is 2.43. The van der Waals surface area contributed by atoms with E-state index in [1.165, 1.54) is 0 Å². The van der Waals surface area contributed by atoms with Crippen LogP contribution in [0.3, 0.4) is 0 Å². The van der Waals surface area contributed by atoms with Gasteiger partial charge >= 0.3 is 6.18 Å². The minimum atomic E-state index is -4.24. The first kappa shape index (κ1) is 14.5. The Bertz CT molecular complexity index is 508. The highest BCUT2D eigenvalue weighted by molar-refractivity contribution is 5.63. The molecule has 0 aromatic carbocycles. The van der Waals surface area contributed by atoms with Crippen molar-refractivity contribution < 1.29 is 13.2 Å². The van der Waals surface area contributed by atoms with Gasteiger partial charge in [0.25, 0.3) is 0 Å². The van der Waals surface area contributed by atoms with E-state index in [2.05, 4.69) is 10.4 Å². The summed E-state index contributed by atoms with van der Waals surface area (Å²) in [5.74, 6) is 0.370. The number of aromatic nitrogens is 2. The predicted molar refractivity (Wildman–Crippen MR) is 68.0 cm³/mol. The van der Waals surface area contributed by atoms with E-state index in [9.17, 15) is 13.2 Å². The first-order chi connectivity index (χ1) is 9.42. The number of nitrogens with two attached hydrogens (primary N) is 1. The molecule has 0 aliphatic heterocycles. The van der Waals surface area contributed by atoms with Crippen LogP contribution in [0.1, 0.15) is 43.7 Å². The predicted octanol–water partition coefficient (Wildman–Crippen LogP) is 2.82. The molecule has 1 aromatic rings. The summed E-state index contributed by atoms with van der Waals surface area (Å²) in [6, 6.07) is 2.04. The van der Waals surface area contributed by atoms with Crippen molar-refractivity contribution in [3.8, 4) is 6.07 Å². The highest BCUT2D eigenvalue weighted by atomic mass is 19.4. The Morgan fingerprint density at radius 3 is 2.60 bits per heavy atom. The molecular formula is C12H16F3N5. The number of nitriles is 1. The fourth-order valence-corrected chi connectivity index (χ4v) is 2.43. The van der Waals surface area contributed by atoms with E-state index in [-0.39, 0.29) is 29.8 Å². The highest BCUT2D eigenvalue weighted by Gasteiger charge is 2.28. The summed E-state index contributed by atoms with van der Waals surface area (Å²) < 4.78 is 37.9. The number of hydrogen-bond acceptors (Lipinski definition) is 4. The molecule has 1 aliphatic rings. The van der Waals surface area contributed by atoms with Crippen LogP contribution in [0.25, 0.3) is 0 Å². The molecule has 0 atom stereocenters. The number of halogens is 3. The normalized spacial score (nSPS) is 16.3. The number of rotatable bonds is 4. The molecule has 3 N–H and O–H groups in total. The van der Waals surface area contributed by atoms with Gasteiger partial charge in [-0.25, -0.2) is 4.68 Å². The van der Waals surface area contributed by atoms with E-state index in [1.807, 2.05) is 6.07 Å². The van der Waals surface area contributed by atoms with Crippen LogP contribution in [-0.2, 0) is 0 Å². The van der Waals surface area contributed by atoms with E-state index in [4.69, 9.17) is 11.0 Å². The maximum atomic E-state index is 12.1. The summed E-state index contributed by atoms with van der Waals surface area (Å²) in [6.07, 6.45) is -1.21. The van der Waals surface area contributed by atoms with Crippen molar-refractivity contribution in [3.63, 3.8) is 0 Å². The van der Waals surface area contributed by atoms with Crippen LogP contribution in [0.4, 0.5) is 24.8 Å². The van der Waals surface area contributed by atoms with Gasteiger partial charge in [0.15, 0.2) is 5.82 Å². The maximum Gasteiger partial charge on any atom is 0.390 e. The summed E-state index contributed by atoms with van der Waals surface area (Å²) >= 11 is 0. The van der Waals surface area contributed by atoms with Gasteiger partial charge in [-0.3, -0.25) is 0 Å². The van der Waals surface area contributed by atoms with Crippen LogP contribution < -0.4 is 11.1 Å². The Morgan fingerprint density at radius 1 is 1.40 bits per heavy atom. The van der Waals surface area contributed by atoms with Crippen molar-refractivity contribution in [2.45, 2.75) is 44.3 Å². The smallest absolute Gasteiger partial charge is 0.383 e. The molecule has 110 valence electrons. The standard InChI is InChI=1S/C12H16F3N5/c13-12(14,15)5-6-18-11-9(7-16)10(17)20(19-11)8-3-1-2-4-8/h8H,1-6,17H2,(H,18,19). The topological polar surface area (TPSA) is 79.7 Å². The molecule has 1 saturated carbocycles. The molecule has 8 heteroatoms. The minimum Gasteiger partial charge on any atom is -0.383 e. The van der Waals surface area contributed by atoms with Gasteiger partial charge in [-0.15, -0.1) is 0 Å². The van der Waals surface area contributed by atoms with Gasteiger partial charge in [0.2, 0.25) is 0 Å². The van der Waals surface area contributed by atoms with Gasteiger partial charge in [-0.05, 0) is 12.8 Å². The summed E-state index contributed by atoms with van der Waals surface area (Å²) in [5, 5.41) is 15.8. The Hall–Kier alpha value is -1.91. The summed E-state index contributed by atoms with van der Waals surface area (Å²) in [6.45, 7) is -0.320. The van der Waals surface area contributed by atoms with Crippen molar-refractivity contribution >= 4 is 11.6 Å². The monoisotopic (exact) mass is 287 g/mol. The molecule has 0 saturated heterocycles. The van der Waals surface area contributed by atoms with E-state index in [0.29, 0.717) is 0 Å². The maximum absolute atomic E-state index is 12.1. The number of hydrogen-bond donors (Lipinski definition) is 2. The van der Waals surface area contributed by atoms with E-state index in [1.54, 1.807) is 4.68 Å². The van der Waals surface area contributed by atoms with Crippen LogP contribution in [0.2, 0.25) is 0 Å². The molecule has 0 radical (unpaired) electrons. The lowest BCUT2D eigenvalue weighted by molar-refractivity contribution is -0.131. The van der Waals surface area contributed by atoms with E-state index < -0.39 is 12.6 Å². The van der Waals surface area contributed by atoms with Crippen LogP contribution in [0, 0.1) is 11.3 Å². The quantitative estimate of drug-likeness (QED) is 0.892. The van der Waals surface area contributed by atoms with Gasteiger partial charge in [-0.1, -0.05) is 12.8 Å². The SMILES string of the molecule is N#Cc1c(NCCC(F)(F)F)nn(C2CCCC2)c1N. The third kappa shape index (κ3) is 3.15. The van der Waals surface area contributed by atoms with Crippen LogP contribution in [0.15, 0.2) is 0 Å². The van der Waals surface area contributed by atoms with Gasteiger partial charge in [0.1, 0.15) is 17.5 Å². The average Bonchev–Trinajstić information content (AvgIpc) is 2.95. The van der Waals surface area contributed by atoms with E-state index >= 15 is 0 Å². The molecule has 1 aliphatic carbocycles. The Morgan fingerprint density at radius 2 is 2.05 bits per heavy atom. The lowest BCUT2D eigenvalue weighted by Gasteiger charge is -2.11. The lowest BCUT2D eigenvalue weighted by atomic mass is 10.2. The number of nitrogens with zero attached hydrogens (tertiary/aromatic N) is 3. The van der Waals surface area contributed by atoms with Crippen molar-refractivity contribution in [1.82, 2.24) is 9.78 Å². The second-order valence-electron chi connectivity index (χ2n) is 4.90. The molecule has 0 bridgehead atoms. The third-order valence-corrected chi connectivity index (χ3v) is 3.43. The largest absolute Gasteiger partial charge is 0.390 e. The number of anilines is 2. The minimum absolute atomic E-state index is 0.124. The van der Waals surface area contributed by atoms with Crippen molar-refractivity contribution in [2.75, 3.05) is 17.6 Å². The second kappa shape index (κ2) is 5.61. The summed E-state index contributed by atoms with van der Waals surface area (Å²) in [4.78, 5) is 0. The number of nitrogen functional groups attached to an aromatic ring is 1. The zero-order chi connectivity index (χ0) is 14.8. The fraction of sp³-hybridized carbons (Fsp3) is 0.667. The zero-order valence-corrected chi connectivity index (χ0v) is 10.9. The Kier molecular flexibility index (Phi) is 4.06. The van der Waals surface area contributed by atoms with Crippen molar-refractivity contribution in [2.24, 2.45) is 0 Å². The summed E-state index contributed by atoms with van der Waals surface area (Å²) in [5.41, 5.74) is 5.99. The molecular weight excluding hydrogens is 271 g/mol. The highest BCUT2D eigenvalue weighted by Crippen LogP contribution is 2.33. The van der Waals surface area contributed by atoms with Gasteiger partial charge in [-0.2, -0.15) is 23.5 Å². The zero-order valence-electron chi connectivity index (χ0n) is 10.9. The average molecular weight is 287 g/mol. The molecule has 0 amide bonds. The Labute approximate surface area is 114 Å². The number of alkyl halides is 3. The van der Waals surface area contributed by atoms with Crippen LogP contribution >= 0.6 is 0 Å². The molecule has 1 heterocycles. The van der Waals surface area contributed by atoms with Gasteiger partial charge in [0.05, 0.1) is 12.5 Å². The van der Waals surface area contributed by atoms with Gasteiger partial charge in [0, 0.05) is 6.54 Å². The van der Waals surface area contributed by atoms with Crippen molar-refractivity contribution in [3.05, 3.63) is 5.56 Å². The van der Waals surface area contributed by atoms with Gasteiger partial charge < -0.3 is 11.1 Å². The number of nitrogens with one attached hydrogen (secondary N) is 1. The van der Waals surface area contributed by atoms with E-state index in [0.717, 1.165) is 25.7 Å². The molecule has 20 heavy (non-hydrogen) atoms. The van der Waals surface area contributed by atoms with Crippen LogP contribution in [0.5, 0.6) is 0 Å². The molecule has 5 nitrogen and oxygen atoms in total. The second-order valence-corrected chi connectivity index (χ2v) is 4.90.